The average Bonchev–Trinajstić information content (AvgIpc) is 2.35. The molecule has 1 rings (SSSR count). The van der Waals surface area contributed by atoms with Crippen molar-refractivity contribution in [1.29, 1.82) is 0 Å². The Hall–Kier alpha value is -2.98. The second-order valence-electron chi connectivity index (χ2n) is 3.82. The lowest BCUT2D eigenvalue weighted by Crippen LogP contribution is -2.17. The Morgan fingerprint density at radius 2 is 1.86 bits per heavy atom. The molecule has 0 atom stereocenters. The summed E-state index contributed by atoms with van der Waals surface area (Å²) in [7, 11) is 0. The lowest BCUT2D eigenvalue weighted by molar-refractivity contribution is -0.385. The monoisotopic (exact) mass is 321 g/mol. The molecule has 118 valence electrons. The molecule has 0 amide bonds. The van der Waals surface area contributed by atoms with E-state index < -0.39 is 52.2 Å². The zero-order valence-electron chi connectivity index (χ0n) is 10.4. The molecule has 0 saturated heterocycles. The van der Waals surface area contributed by atoms with Gasteiger partial charge in [0, 0.05) is 6.07 Å². The fraction of sp³-hybridized carbons (Fsp3) is 0.182. The van der Waals surface area contributed by atoms with Crippen LogP contribution in [-0.4, -0.2) is 27.9 Å². The molecule has 0 aliphatic rings. The van der Waals surface area contributed by atoms with Gasteiger partial charge in [-0.05, 0) is 12.1 Å². The number of hydrogen-bond acceptors (Lipinski definition) is 6. The van der Waals surface area contributed by atoms with Crippen LogP contribution in [0, 0.1) is 10.1 Å². The summed E-state index contributed by atoms with van der Waals surface area (Å²) in [5.41, 5.74) is -3.49. The highest BCUT2D eigenvalue weighted by Crippen LogP contribution is 2.33. The third-order valence-corrected chi connectivity index (χ3v) is 2.24. The first-order valence-corrected chi connectivity index (χ1v) is 5.35. The fourth-order valence-electron chi connectivity index (χ4n) is 1.35. The molecule has 1 aromatic rings. The molecule has 0 radical (unpaired) electrons. The van der Waals surface area contributed by atoms with Crippen LogP contribution in [0.5, 0.6) is 0 Å². The maximum Gasteiger partial charge on any atom is 0.416 e. The van der Waals surface area contributed by atoms with E-state index in [1.807, 2.05) is 0 Å². The maximum absolute atomic E-state index is 12.5. The summed E-state index contributed by atoms with van der Waals surface area (Å²) in [4.78, 5) is 42.1. The van der Waals surface area contributed by atoms with Gasteiger partial charge in [0.25, 0.3) is 5.69 Å². The number of rotatable bonds is 4. The van der Waals surface area contributed by atoms with E-state index in [4.69, 9.17) is 5.11 Å². The molecular formula is C11H6F3NO7. The van der Waals surface area contributed by atoms with Gasteiger partial charge in [-0.25, -0.2) is 4.79 Å². The van der Waals surface area contributed by atoms with Gasteiger partial charge in [0.1, 0.15) is 12.0 Å². The molecule has 1 N–H and O–H groups in total. The molecule has 11 heteroatoms. The van der Waals surface area contributed by atoms with Crippen LogP contribution in [-0.2, 0) is 20.5 Å². The van der Waals surface area contributed by atoms with Crippen molar-refractivity contribution < 1.29 is 42.3 Å². The van der Waals surface area contributed by atoms with Crippen molar-refractivity contribution in [3.05, 3.63) is 39.4 Å². The lowest BCUT2D eigenvalue weighted by Gasteiger charge is -2.08. The second kappa shape index (κ2) is 6.20. The molecule has 0 aromatic heterocycles. The van der Waals surface area contributed by atoms with Gasteiger partial charge in [-0.2, -0.15) is 13.2 Å². The molecule has 0 heterocycles. The molecule has 0 aliphatic heterocycles. The van der Waals surface area contributed by atoms with Crippen molar-refractivity contribution in [1.82, 2.24) is 0 Å². The molecule has 8 nitrogen and oxygen atoms in total. The highest BCUT2D eigenvalue weighted by molar-refractivity contribution is 6.03. The number of esters is 2. The maximum atomic E-state index is 12.5. The number of carboxylic acids is 1. The molecule has 0 unspecified atom stereocenters. The normalized spacial score (nSPS) is 10.9. The molecule has 22 heavy (non-hydrogen) atoms. The van der Waals surface area contributed by atoms with E-state index in [9.17, 15) is 37.7 Å². The molecule has 1 aromatic carbocycles. The zero-order valence-corrected chi connectivity index (χ0v) is 10.4. The molecule has 0 bridgehead atoms. The van der Waals surface area contributed by atoms with Gasteiger partial charge in [0.15, 0.2) is 0 Å². The Kier molecular flexibility index (Phi) is 4.81. The van der Waals surface area contributed by atoms with E-state index in [0.717, 1.165) is 0 Å². The fourth-order valence-corrected chi connectivity index (χ4v) is 1.35. The number of aliphatic carboxylic acids is 1. The van der Waals surface area contributed by atoms with Crippen LogP contribution < -0.4 is 0 Å². The minimum Gasteiger partial charge on any atom is -0.481 e. The van der Waals surface area contributed by atoms with E-state index in [1.165, 1.54) is 0 Å². The van der Waals surface area contributed by atoms with E-state index in [2.05, 4.69) is 4.74 Å². The minimum atomic E-state index is -4.87. The van der Waals surface area contributed by atoms with E-state index in [1.54, 1.807) is 0 Å². The average molecular weight is 321 g/mol. The van der Waals surface area contributed by atoms with Crippen LogP contribution in [0.4, 0.5) is 18.9 Å². The second-order valence-corrected chi connectivity index (χ2v) is 3.82. The lowest BCUT2D eigenvalue weighted by atomic mass is 10.1. The highest BCUT2D eigenvalue weighted by Gasteiger charge is 2.34. The molecule has 0 saturated carbocycles. The van der Waals surface area contributed by atoms with Crippen molar-refractivity contribution in [3.63, 3.8) is 0 Å². The van der Waals surface area contributed by atoms with Crippen LogP contribution in [0.2, 0.25) is 0 Å². The summed E-state index contributed by atoms with van der Waals surface area (Å²) in [6, 6.07) is 0.973. The van der Waals surface area contributed by atoms with Crippen LogP contribution in [0.25, 0.3) is 0 Å². The standard InChI is InChI=1S/C11H6F3NO7/c12-11(13,14)5-1-2-6(7(3-5)15(20)21)10(19)22-9(18)4-8(16)17/h1-3H,4H2,(H,16,17). The van der Waals surface area contributed by atoms with Crippen molar-refractivity contribution in [2.75, 3.05) is 0 Å². The van der Waals surface area contributed by atoms with Crippen LogP contribution >= 0.6 is 0 Å². The van der Waals surface area contributed by atoms with Crippen molar-refractivity contribution in [3.8, 4) is 0 Å². The number of nitrogens with zero attached hydrogens (tertiary/aromatic N) is 1. The van der Waals surface area contributed by atoms with E-state index >= 15 is 0 Å². The number of ether oxygens (including phenoxy) is 1. The molecular weight excluding hydrogens is 315 g/mol. The van der Waals surface area contributed by atoms with Crippen LogP contribution in [0.15, 0.2) is 18.2 Å². The molecule has 0 fully saturated rings. The van der Waals surface area contributed by atoms with Crippen LogP contribution in [0.1, 0.15) is 22.3 Å². The molecule has 0 spiro atoms. The van der Waals surface area contributed by atoms with E-state index in [0.29, 0.717) is 12.1 Å². The SMILES string of the molecule is O=C(O)CC(=O)OC(=O)c1ccc(C(F)(F)F)cc1[N+](=O)[O-]. The highest BCUT2D eigenvalue weighted by atomic mass is 19.4. The Balaban J connectivity index is 3.14. The van der Waals surface area contributed by atoms with Gasteiger partial charge >= 0.3 is 24.1 Å². The Morgan fingerprint density at radius 1 is 1.27 bits per heavy atom. The first kappa shape index (κ1) is 17.1. The number of benzene rings is 1. The summed E-state index contributed by atoms with van der Waals surface area (Å²) < 4.78 is 41.4. The first-order chi connectivity index (χ1) is 10.0. The molecule has 0 aliphatic carbocycles. The van der Waals surface area contributed by atoms with Gasteiger partial charge < -0.3 is 9.84 Å². The third-order valence-electron chi connectivity index (χ3n) is 2.24. The summed E-state index contributed by atoms with van der Waals surface area (Å²) in [6.45, 7) is 0. The Labute approximate surface area is 119 Å². The van der Waals surface area contributed by atoms with Crippen molar-refractivity contribution >= 4 is 23.6 Å². The van der Waals surface area contributed by atoms with Gasteiger partial charge in [0.2, 0.25) is 0 Å². The minimum absolute atomic E-state index is 0.109. The van der Waals surface area contributed by atoms with Crippen molar-refractivity contribution in [2.45, 2.75) is 12.6 Å². The number of alkyl halides is 3. The Bertz CT molecular complexity index is 654. The summed E-state index contributed by atoms with van der Waals surface area (Å²) in [6.07, 6.45) is -6.05. The number of carboxylic acid groups (broad SMARTS) is 1. The largest absolute Gasteiger partial charge is 0.481 e. The van der Waals surface area contributed by atoms with Gasteiger partial charge in [-0.15, -0.1) is 0 Å². The number of carbonyl (C=O) groups is 3. The number of nitro benzene ring substituents is 1. The van der Waals surface area contributed by atoms with Crippen LogP contribution in [0.3, 0.4) is 0 Å². The summed E-state index contributed by atoms with van der Waals surface area (Å²) in [5.74, 6) is -4.74. The predicted octanol–water partition coefficient (Wildman–Crippen LogP) is 1.77. The number of hydrogen-bond donors (Lipinski definition) is 1. The zero-order chi connectivity index (χ0) is 17.1. The number of nitro groups is 1. The first-order valence-electron chi connectivity index (χ1n) is 5.35. The quantitative estimate of drug-likeness (QED) is 0.388. The summed E-state index contributed by atoms with van der Waals surface area (Å²) >= 11 is 0. The topological polar surface area (TPSA) is 124 Å². The van der Waals surface area contributed by atoms with Gasteiger partial charge in [-0.3, -0.25) is 19.7 Å². The Morgan fingerprint density at radius 3 is 2.32 bits per heavy atom. The van der Waals surface area contributed by atoms with Crippen molar-refractivity contribution in [2.24, 2.45) is 0 Å². The smallest absolute Gasteiger partial charge is 0.416 e. The predicted molar refractivity (Wildman–Crippen MR) is 60.8 cm³/mol. The van der Waals surface area contributed by atoms with Gasteiger partial charge in [0.05, 0.1) is 10.5 Å². The van der Waals surface area contributed by atoms with Gasteiger partial charge in [-0.1, -0.05) is 0 Å². The number of halogens is 3. The third kappa shape index (κ3) is 4.26. The summed E-state index contributed by atoms with van der Waals surface area (Å²) in [5, 5.41) is 19.0. The van der Waals surface area contributed by atoms with E-state index in [-0.39, 0.29) is 6.07 Å². The number of carbonyl (C=O) groups excluding carboxylic acids is 2.